The molecular formula is C13H23N5O2. The second-order valence-electron chi connectivity index (χ2n) is 5.13. The quantitative estimate of drug-likeness (QED) is 0.830. The predicted molar refractivity (Wildman–Crippen MR) is 74.1 cm³/mol. The van der Waals surface area contributed by atoms with Crippen LogP contribution in [0.1, 0.15) is 31.1 Å². The molecule has 2 rings (SSSR count). The lowest BCUT2D eigenvalue weighted by atomic mass is 10.2. The molecule has 7 heteroatoms. The summed E-state index contributed by atoms with van der Waals surface area (Å²) in [5.74, 6) is 1.53. The first kappa shape index (κ1) is 14.9. The van der Waals surface area contributed by atoms with Gasteiger partial charge in [-0.15, -0.1) is 0 Å². The van der Waals surface area contributed by atoms with E-state index in [4.69, 9.17) is 4.52 Å². The van der Waals surface area contributed by atoms with E-state index in [1.807, 2.05) is 18.9 Å². The summed E-state index contributed by atoms with van der Waals surface area (Å²) in [6, 6.07) is 0.103. The lowest BCUT2D eigenvalue weighted by molar-refractivity contribution is -0.133. The first-order valence-corrected chi connectivity index (χ1v) is 7.08. The molecule has 2 heterocycles. The summed E-state index contributed by atoms with van der Waals surface area (Å²) in [5, 5.41) is 6.83. The Morgan fingerprint density at radius 1 is 1.40 bits per heavy atom. The Morgan fingerprint density at radius 3 is 2.65 bits per heavy atom. The van der Waals surface area contributed by atoms with Crippen molar-refractivity contribution in [2.45, 2.75) is 26.3 Å². The fraction of sp³-hybridized carbons (Fsp3) is 0.769. The molecule has 0 bridgehead atoms. The zero-order valence-corrected chi connectivity index (χ0v) is 12.4. The van der Waals surface area contributed by atoms with Gasteiger partial charge in [0.15, 0.2) is 5.82 Å². The Hall–Kier alpha value is -1.47. The molecule has 0 spiro atoms. The van der Waals surface area contributed by atoms with Gasteiger partial charge < -0.3 is 14.7 Å². The van der Waals surface area contributed by atoms with Gasteiger partial charge in [-0.25, -0.2) is 0 Å². The van der Waals surface area contributed by atoms with Crippen molar-refractivity contribution >= 4 is 5.91 Å². The smallest absolute Gasteiger partial charge is 0.243 e. The molecule has 1 fully saturated rings. The summed E-state index contributed by atoms with van der Waals surface area (Å²) in [4.78, 5) is 20.4. The number of nitrogens with one attached hydrogen (secondary N) is 1. The maximum Gasteiger partial charge on any atom is 0.243 e. The molecule has 1 N–H and O–H groups in total. The first-order valence-electron chi connectivity index (χ1n) is 7.08. The fourth-order valence-electron chi connectivity index (χ4n) is 2.39. The molecule has 0 aliphatic carbocycles. The van der Waals surface area contributed by atoms with Gasteiger partial charge in [-0.3, -0.25) is 9.69 Å². The predicted octanol–water partition coefficient (Wildman–Crippen LogP) is 0.193. The van der Waals surface area contributed by atoms with E-state index in [9.17, 15) is 4.79 Å². The number of carbonyl (C=O) groups excluding carboxylic acids is 1. The van der Waals surface area contributed by atoms with Crippen molar-refractivity contribution in [1.82, 2.24) is 25.3 Å². The molecular weight excluding hydrogens is 258 g/mol. The third kappa shape index (κ3) is 3.55. The van der Waals surface area contributed by atoms with Crippen molar-refractivity contribution in [2.24, 2.45) is 0 Å². The Kier molecular flexibility index (Phi) is 5.08. The molecule has 20 heavy (non-hydrogen) atoms. The van der Waals surface area contributed by atoms with Gasteiger partial charge in [-0.2, -0.15) is 4.98 Å². The van der Waals surface area contributed by atoms with Crippen molar-refractivity contribution < 1.29 is 9.32 Å². The standard InChI is InChI=1S/C13H23N5O2/c1-10(13-15-11(2)16-20-13)17-6-8-18(9-7-17)12(19)4-5-14-3/h10,14H,4-9H2,1-3H3. The highest BCUT2D eigenvalue weighted by molar-refractivity contribution is 5.76. The van der Waals surface area contributed by atoms with Crippen LogP contribution in [0.25, 0.3) is 0 Å². The zero-order chi connectivity index (χ0) is 14.5. The van der Waals surface area contributed by atoms with Crippen LogP contribution in [0.3, 0.4) is 0 Å². The average molecular weight is 281 g/mol. The summed E-state index contributed by atoms with van der Waals surface area (Å²) >= 11 is 0. The maximum absolute atomic E-state index is 11.9. The first-order chi connectivity index (χ1) is 9.61. The molecule has 1 aromatic rings. The van der Waals surface area contributed by atoms with Gasteiger partial charge in [0.2, 0.25) is 11.8 Å². The van der Waals surface area contributed by atoms with Crippen molar-refractivity contribution in [1.29, 1.82) is 0 Å². The molecule has 7 nitrogen and oxygen atoms in total. The SMILES string of the molecule is CNCCC(=O)N1CCN(C(C)c2nc(C)no2)CC1. The summed E-state index contributed by atoms with van der Waals surface area (Å²) in [7, 11) is 1.86. The molecule has 1 atom stereocenters. The van der Waals surface area contributed by atoms with E-state index in [-0.39, 0.29) is 11.9 Å². The molecule has 0 radical (unpaired) electrons. The van der Waals surface area contributed by atoms with Crippen LogP contribution in [0.5, 0.6) is 0 Å². The molecule has 1 saturated heterocycles. The van der Waals surface area contributed by atoms with Gasteiger partial charge in [-0.1, -0.05) is 5.16 Å². The zero-order valence-electron chi connectivity index (χ0n) is 12.4. The molecule has 1 amide bonds. The maximum atomic E-state index is 11.9. The molecule has 1 aliphatic rings. The second kappa shape index (κ2) is 6.81. The Bertz CT molecular complexity index is 440. The third-order valence-corrected chi connectivity index (χ3v) is 3.70. The van der Waals surface area contributed by atoms with E-state index in [1.54, 1.807) is 0 Å². The van der Waals surface area contributed by atoms with Crippen LogP contribution in [0.2, 0.25) is 0 Å². The highest BCUT2D eigenvalue weighted by Gasteiger charge is 2.26. The van der Waals surface area contributed by atoms with Gasteiger partial charge in [0.1, 0.15) is 0 Å². The van der Waals surface area contributed by atoms with Gasteiger partial charge in [-0.05, 0) is 20.9 Å². The van der Waals surface area contributed by atoms with Gasteiger partial charge in [0, 0.05) is 39.1 Å². The van der Waals surface area contributed by atoms with Crippen molar-refractivity contribution in [3.8, 4) is 0 Å². The number of aryl methyl sites for hydroxylation is 1. The van der Waals surface area contributed by atoms with E-state index in [0.29, 0.717) is 18.1 Å². The number of nitrogens with zero attached hydrogens (tertiary/aromatic N) is 4. The number of aromatic nitrogens is 2. The highest BCUT2D eigenvalue weighted by Crippen LogP contribution is 2.20. The number of carbonyl (C=O) groups is 1. The minimum atomic E-state index is 0.103. The van der Waals surface area contributed by atoms with Gasteiger partial charge >= 0.3 is 0 Å². The van der Waals surface area contributed by atoms with Crippen molar-refractivity contribution in [2.75, 3.05) is 39.8 Å². The number of hydrogen-bond donors (Lipinski definition) is 1. The van der Waals surface area contributed by atoms with Crippen LogP contribution in [-0.2, 0) is 4.79 Å². The highest BCUT2D eigenvalue weighted by atomic mass is 16.5. The van der Waals surface area contributed by atoms with Crippen molar-refractivity contribution in [3.63, 3.8) is 0 Å². The van der Waals surface area contributed by atoms with Crippen LogP contribution in [0, 0.1) is 6.92 Å². The third-order valence-electron chi connectivity index (χ3n) is 3.70. The minimum Gasteiger partial charge on any atom is -0.340 e. The van der Waals surface area contributed by atoms with E-state index >= 15 is 0 Å². The summed E-state index contributed by atoms with van der Waals surface area (Å²) in [5.41, 5.74) is 0. The van der Waals surface area contributed by atoms with Crippen LogP contribution in [0.4, 0.5) is 0 Å². The number of rotatable bonds is 5. The molecule has 1 aliphatic heterocycles. The van der Waals surface area contributed by atoms with Gasteiger partial charge in [0.25, 0.3) is 0 Å². The number of piperazine rings is 1. The summed E-state index contributed by atoms with van der Waals surface area (Å²) in [6.07, 6.45) is 0.564. The Balaban J connectivity index is 1.83. The number of amides is 1. The molecule has 1 aromatic heterocycles. The van der Waals surface area contributed by atoms with E-state index in [0.717, 1.165) is 32.7 Å². The largest absolute Gasteiger partial charge is 0.340 e. The topological polar surface area (TPSA) is 74.5 Å². The van der Waals surface area contributed by atoms with Crippen LogP contribution < -0.4 is 5.32 Å². The lowest BCUT2D eigenvalue weighted by Crippen LogP contribution is -2.49. The minimum absolute atomic E-state index is 0.103. The molecule has 112 valence electrons. The molecule has 0 saturated carbocycles. The van der Waals surface area contributed by atoms with E-state index in [2.05, 4.69) is 27.3 Å². The van der Waals surface area contributed by atoms with Gasteiger partial charge in [0.05, 0.1) is 6.04 Å². The van der Waals surface area contributed by atoms with Crippen LogP contribution >= 0.6 is 0 Å². The van der Waals surface area contributed by atoms with E-state index < -0.39 is 0 Å². The lowest BCUT2D eigenvalue weighted by Gasteiger charge is -2.36. The average Bonchev–Trinajstić information content (AvgIpc) is 2.90. The molecule has 1 unspecified atom stereocenters. The molecule has 0 aromatic carbocycles. The van der Waals surface area contributed by atoms with Crippen molar-refractivity contribution in [3.05, 3.63) is 11.7 Å². The fourth-order valence-corrected chi connectivity index (χ4v) is 2.39. The number of hydrogen-bond acceptors (Lipinski definition) is 6. The summed E-state index contributed by atoms with van der Waals surface area (Å²) < 4.78 is 5.22. The van der Waals surface area contributed by atoms with Crippen LogP contribution in [0.15, 0.2) is 4.52 Å². The normalized spacial score (nSPS) is 18.2. The Morgan fingerprint density at radius 2 is 2.10 bits per heavy atom. The van der Waals surface area contributed by atoms with E-state index in [1.165, 1.54) is 0 Å². The Labute approximate surface area is 119 Å². The summed E-state index contributed by atoms with van der Waals surface area (Å²) in [6.45, 7) is 7.82. The monoisotopic (exact) mass is 281 g/mol. The second-order valence-corrected chi connectivity index (χ2v) is 5.13. The van der Waals surface area contributed by atoms with Crippen LogP contribution in [-0.4, -0.2) is 65.6 Å².